The summed E-state index contributed by atoms with van der Waals surface area (Å²) in [6, 6.07) is 8.01. The fourth-order valence-corrected chi connectivity index (χ4v) is 3.17. The predicted octanol–water partition coefficient (Wildman–Crippen LogP) is 2.04. The van der Waals surface area contributed by atoms with E-state index in [1.807, 2.05) is 30.9 Å². The van der Waals surface area contributed by atoms with Gasteiger partial charge in [0.15, 0.2) is 5.82 Å². The summed E-state index contributed by atoms with van der Waals surface area (Å²) in [5, 5.41) is 9.11. The zero-order chi connectivity index (χ0) is 18.0. The van der Waals surface area contributed by atoms with Gasteiger partial charge in [0.25, 0.3) is 5.56 Å². The van der Waals surface area contributed by atoms with Crippen LogP contribution in [0, 0.1) is 18.3 Å². The summed E-state index contributed by atoms with van der Waals surface area (Å²) >= 11 is 0. The predicted molar refractivity (Wildman–Crippen MR) is 98.5 cm³/mol. The Morgan fingerprint density at radius 1 is 1.36 bits per heavy atom. The molecule has 6 nitrogen and oxygen atoms in total. The normalized spacial score (nSPS) is 15.2. The summed E-state index contributed by atoms with van der Waals surface area (Å²) in [6.07, 6.45) is 3.53. The molecule has 1 fully saturated rings. The molecule has 1 aliphatic heterocycles. The summed E-state index contributed by atoms with van der Waals surface area (Å²) in [7, 11) is 0. The van der Waals surface area contributed by atoms with Crippen LogP contribution in [0.1, 0.15) is 30.9 Å². The Bertz CT molecular complexity index is 872. The Labute approximate surface area is 147 Å². The molecule has 0 radical (unpaired) electrons. The summed E-state index contributed by atoms with van der Waals surface area (Å²) in [5.74, 6) is 0.494. The molecule has 0 atom stereocenters. The molecule has 1 aliphatic rings. The van der Waals surface area contributed by atoms with Crippen LogP contribution in [0.5, 0.6) is 0 Å². The highest BCUT2D eigenvalue weighted by Gasteiger charge is 2.21. The maximum absolute atomic E-state index is 12.7. The second kappa shape index (κ2) is 7.08. The number of anilines is 1. The van der Waals surface area contributed by atoms with Crippen LogP contribution in [0.2, 0.25) is 0 Å². The molecule has 25 heavy (non-hydrogen) atoms. The summed E-state index contributed by atoms with van der Waals surface area (Å²) in [4.78, 5) is 19.4. The summed E-state index contributed by atoms with van der Waals surface area (Å²) < 4.78 is 1.69. The molecular weight excluding hydrogens is 314 g/mol. The van der Waals surface area contributed by atoms with Crippen molar-refractivity contribution in [2.45, 2.75) is 39.3 Å². The topological polar surface area (TPSA) is 87.9 Å². The fourth-order valence-electron chi connectivity index (χ4n) is 3.17. The molecule has 2 N–H and O–H groups in total. The molecule has 6 heteroatoms. The summed E-state index contributed by atoms with van der Waals surface area (Å²) in [6.45, 7) is 5.95. The first-order valence-corrected chi connectivity index (χ1v) is 8.66. The van der Waals surface area contributed by atoms with Crippen molar-refractivity contribution < 1.29 is 0 Å². The average Bonchev–Trinajstić information content (AvgIpc) is 2.62. The van der Waals surface area contributed by atoms with E-state index in [0.717, 1.165) is 42.8 Å². The number of nitrogens with two attached hydrogens (primary N) is 1. The zero-order valence-corrected chi connectivity index (χ0v) is 14.7. The lowest BCUT2D eigenvalue weighted by Crippen LogP contribution is -2.43. The van der Waals surface area contributed by atoms with Crippen molar-refractivity contribution in [1.82, 2.24) is 9.55 Å². The number of nitrogens with zero attached hydrogens (tertiary/aromatic N) is 4. The van der Waals surface area contributed by atoms with Crippen molar-refractivity contribution in [2.75, 3.05) is 18.0 Å². The minimum atomic E-state index is -0.0629. The number of nitriles is 1. The van der Waals surface area contributed by atoms with Gasteiger partial charge in [0, 0.05) is 37.4 Å². The molecule has 0 unspecified atom stereocenters. The number of hydrogen-bond acceptors (Lipinski definition) is 5. The van der Waals surface area contributed by atoms with Gasteiger partial charge in [-0.3, -0.25) is 4.79 Å². The Balaban J connectivity index is 2.06. The van der Waals surface area contributed by atoms with E-state index in [0.29, 0.717) is 17.9 Å². The van der Waals surface area contributed by atoms with Crippen LogP contribution < -0.4 is 16.2 Å². The molecule has 0 spiro atoms. The number of piperidine rings is 1. The Kier molecular flexibility index (Phi) is 4.86. The molecule has 2 aromatic rings. The van der Waals surface area contributed by atoms with Crippen LogP contribution in [0.25, 0.3) is 11.3 Å². The number of hydrogen-bond donors (Lipinski definition) is 1. The average molecular weight is 337 g/mol. The van der Waals surface area contributed by atoms with E-state index in [1.54, 1.807) is 16.8 Å². The smallest absolute Gasteiger partial charge is 0.293 e. The van der Waals surface area contributed by atoms with E-state index in [4.69, 9.17) is 11.0 Å². The van der Waals surface area contributed by atoms with Gasteiger partial charge in [-0.2, -0.15) is 5.26 Å². The molecule has 1 saturated heterocycles. The van der Waals surface area contributed by atoms with Crippen LogP contribution in [0.15, 0.2) is 29.2 Å². The van der Waals surface area contributed by atoms with E-state index in [2.05, 4.69) is 11.1 Å². The monoisotopic (exact) mass is 337 g/mol. The van der Waals surface area contributed by atoms with Gasteiger partial charge in [0.1, 0.15) is 0 Å². The maximum Gasteiger partial charge on any atom is 0.293 e. The highest BCUT2D eigenvalue weighted by Crippen LogP contribution is 2.22. The van der Waals surface area contributed by atoms with Gasteiger partial charge in [-0.25, -0.2) is 4.98 Å². The maximum atomic E-state index is 12.7. The first-order chi connectivity index (χ1) is 12.0. The van der Waals surface area contributed by atoms with Crippen molar-refractivity contribution in [3.63, 3.8) is 0 Å². The van der Waals surface area contributed by atoms with Gasteiger partial charge in [-0.1, -0.05) is 6.07 Å². The molecular formula is C19H23N5O. The Hall–Kier alpha value is -2.65. The fraction of sp³-hybridized carbons (Fsp3) is 0.421. The zero-order valence-electron chi connectivity index (χ0n) is 14.7. The van der Waals surface area contributed by atoms with Crippen LogP contribution in [0.4, 0.5) is 5.82 Å². The number of aryl methyl sites for hydroxylation is 2. The summed E-state index contributed by atoms with van der Waals surface area (Å²) in [5.41, 5.74) is 9.13. The molecule has 0 bridgehead atoms. The molecule has 1 aromatic carbocycles. The molecule has 1 aromatic heterocycles. The lowest BCUT2D eigenvalue weighted by Gasteiger charge is -2.31. The van der Waals surface area contributed by atoms with E-state index < -0.39 is 0 Å². The van der Waals surface area contributed by atoms with Gasteiger partial charge in [-0.15, -0.1) is 0 Å². The first kappa shape index (κ1) is 17.2. The van der Waals surface area contributed by atoms with Crippen molar-refractivity contribution in [1.29, 1.82) is 5.26 Å². The molecule has 0 saturated carbocycles. The highest BCUT2D eigenvalue weighted by atomic mass is 16.1. The van der Waals surface area contributed by atoms with Crippen molar-refractivity contribution in [3.05, 3.63) is 45.9 Å². The largest absolute Gasteiger partial charge is 0.352 e. The van der Waals surface area contributed by atoms with Gasteiger partial charge >= 0.3 is 0 Å². The first-order valence-electron chi connectivity index (χ1n) is 8.66. The third-order valence-electron chi connectivity index (χ3n) is 4.78. The van der Waals surface area contributed by atoms with Gasteiger partial charge < -0.3 is 15.2 Å². The minimum Gasteiger partial charge on any atom is -0.352 e. The Morgan fingerprint density at radius 2 is 2.08 bits per heavy atom. The third kappa shape index (κ3) is 3.42. The number of benzene rings is 1. The van der Waals surface area contributed by atoms with Gasteiger partial charge in [-0.05, 0) is 44.4 Å². The third-order valence-corrected chi connectivity index (χ3v) is 4.78. The van der Waals surface area contributed by atoms with Gasteiger partial charge in [0.05, 0.1) is 17.3 Å². The quantitative estimate of drug-likeness (QED) is 0.926. The second-order valence-electron chi connectivity index (χ2n) is 6.51. The van der Waals surface area contributed by atoms with Crippen LogP contribution in [0.3, 0.4) is 0 Å². The molecule has 0 aliphatic carbocycles. The molecule has 0 amide bonds. The van der Waals surface area contributed by atoms with Crippen LogP contribution in [-0.4, -0.2) is 28.7 Å². The lowest BCUT2D eigenvalue weighted by atomic mass is 10.0. The minimum absolute atomic E-state index is 0.0629. The highest BCUT2D eigenvalue weighted by molar-refractivity contribution is 5.63. The van der Waals surface area contributed by atoms with Crippen molar-refractivity contribution in [2.24, 2.45) is 5.73 Å². The standard InChI is InChI=1S/C19H23N5O/c1-3-23-12-17(14-4-5-15(11-20)13(2)10-14)22-18(19(23)25)24-8-6-16(21)7-9-24/h4-5,10,12,16H,3,6-9,21H2,1-2H3. The van der Waals surface area contributed by atoms with E-state index >= 15 is 0 Å². The SMILES string of the molecule is CCn1cc(-c2ccc(C#N)c(C)c2)nc(N2CCC(N)CC2)c1=O. The second-order valence-corrected chi connectivity index (χ2v) is 6.51. The van der Waals surface area contributed by atoms with Crippen molar-refractivity contribution >= 4 is 5.82 Å². The van der Waals surface area contributed by atoms with Crippen molar-refractivity contribution in [3.8, 4) is 17.3 Å². The van der Waals surface area contributed by atoms with E-state index in [-0.39, 0.29) is 11.6 Å². The number of aromatic nitrogens is 2. The van der Waals surface area contributed by atoms with E-state index in [1.165, 1.54) is 0 Å². The molecule has 2 heterocycles. The van der Waals surface area contributed by atoms with Gasteiger partial charge in [0.2, 0.25) is 0 Å². The van der Waals surface area contributed by atoms with E-state index in [9.17, 15) is 4.79 Å². The Morgan fingerprint density at radius 3 is 2.68 bits per heavy atom. The molecule has 3 rings (SSSR count). The van der Waals surface area contributed by atoms with Crippen LogP contribution in [-0.2, 0) is 6.54 Å². The molecule has 130 valence electrons. The lowest BCUT2D eigenvalue weighted by molar-refractivity contribution is 0.496. The van der Waals surface area contributed by atoms with Crippen LogP contribution >= 0.6 is 0 Å². The number of rotatable bonds is 3.